The van der Waals surface area contributed by atoms with E-state index in [4.69, 9.17) is 17.3 Å². The molecule has 3 nitrogen and oxygen atoms in total. The lowest BCUT2D eigenvalue weighted by molar-refractivity contribution is 0.783. The quantitative estimate of drug-likeness (QED) is 0.921. The Bertz CT molecular complexity index is 546. The second kappa shape index (κ2) is 5.55. The smallest absolute Gasteiger partial charge is 0.0708 e. The van der Waals surface area contributed by atoms with Gasteiger partial charge in [-0.2, -0.15) is 5.10 Å². The fourth-order valence-corrected chi connectivity index (χ4v) is 2.30. The minimum atomic E-state index is 0.416. The minimum Gasteiger partial charge on any atom is -0.326 e. The molecule has 0 bridgehead atoms. The Kier molecular flexibility index (Phi) is 4.04. The maximum atomic E-state index is 6.19. The summed E-state index contributed by atoms with van der Waals surface area (Å²) in [5, 5.41) is 5.32. The first kappa shape index (κ1) is 13.1. The minimum absolute atomic E-state index is 0.416. The molecule has 0 radical (unpaired) electrons. The van der Waals surface area contributed by atoms with Gasteiger partial charge in [-0.1, -0.05) is 31.5 Å². The van der Waals surface area contributed by atoms with E-state index in [-0.39, 0.29) is 0 Å². The Morgan fingerprint density at radius 2 is 2.06 bits per heavy atom. The summed E-state index contributed by atoms with van der Waals surface area (Å²) in [5.74, 6) is 0. The van der Waals surface area contributed by atoms with Crippen molar-refractivity contribution in [3.63, 3.8) is 0 Å². The van der Waals surface area contributed by atoms with Gasteiger partial charge >= 0.3 is 0 Å². The van der Waals surface area contributed by atoms with E-state index in [1.165, 1.54) is 5.69 Å². The summed E-state index contributed by atoms with van der Waals surface area (Å²) < 4.78 is 1.97. The van der Waals surface area contributed by atoms with Crippen LogP contribution in [-0.2, 0) is 19.4 Å². The predicted molar refractivity (Wildman–Crippen MR) is 75.2 cm³/mol. The zero-order valence-corrected chi connectivity index (χ0v) is 11.5. The zero-order chi connectivity index (χ0) is 13.1. The molecule has 0 saturated carbocycles. The third-order valence-corrected chi connectivity index (χ3v) is 3.44. The first-order valence-corrected chi connectivity index (χ1v) is 6.64. The summed E-state index contributed by atoms with van der Waals surface area (Å²) >= 11 is 6.19. The molecule has 18 heavy (non-hydrogen) atoms. The van der Waals surface area contributed by atoms with E-state index in [1.807, 2.05) is 22.9 Å². The van der Waals surface area contributed by atoms with Gasteiger partial charge in [-0.25, -0.2) is 4.68 Å². The van der Waals surface area contributed by atoms with E-state index in [2.05, 4.69) is 25.0 Å². The molecule has 0 aliphatic heterocycles. The molecule has 0 aliphatic rings. The molecule has 0 atom stereocenters. The van der Waals surface area contributed by atoms with Crippen LogP contribution in [-0.4, -0.2) is 9.78 Å². The third kappa shape index (κ3) is 2.28. The second-order valence-corrected chi connectivity index (χ2v) is 4.59. The van der Waals surface area contributed by atoms with E-state index in [1.54, 1.807) is 0 Å². The fourth-order valence-electron chi connectivity index (χ4n) is 2.06. The molecule has 0 aliphatic carbocycles. The van der Waals surface area contributed by atoms with Crippen LogP contribution in [0.25, 0.3) is 5.69 Å². The van der Waals surface area contributed by atoms with Crippen LogP contribution in [0.3, 0.4) is 0 Å². The molecular formula is C14H18ClN3. The standard InChI is InChI=1S/C14H18ClN3/c1-3-10-8-11(4-2)18(17-10)14-7-5-6-13(15)12(14)9-16/h5-8H,3-4,9,16H2,1-2H3. The van der Waals surface area contributed by atoms with Crippen molar-refractivity contribution in [1.29, 1.82) is 0 Å². The van der Waals surface area contributed by atoms with E-state index in [0.29, 0.717) is 11.6 Å². The number of hydrogen-bond donors (Lipinski definition) is 1. The monoisotopic (exact) mass is 263 g/mol. The van der Waals surface area contributed by atoms with Crippen LogP contribution in [0, 0.1) is 0 Å². The average molecular weight is 264 g/mol. The molecule has 2 N–H and O–H groups in total. The van der Waals surface area contributed by atoms with Gasteiger partial charge in [-0.05, 0) is 31.0 Å². The normalized spacial score (nSPS) is 10.9. The number of nitrogens with zero attached hydrogens (tertiary/aromatic N) is 2. The Labute approximate surface area is 113 Å². The molecule has 0 unspecified atom stereocenters. The molecule has 1 aromatic heterocycles. The molecule has 2 rings (SSSR count). The summed E-state index contributed by atoms with van der Waals surface area (Å²) in [5.41, 5.74) is 10.0. The molecule has 0 spiro atoms. The van der Waals surface area contributed by atoms with Crippen LogP contribution in [0.2, 0.25) is 5.02 Å². The van der Waals surface area contributed by atoms with Gasteiger partial charge < -0.3 is 5.73 Å². The van der Waals surface area contributed by atoms with Crippen LogP contribution in [0.5, 0.6) is 0 Å². The summed E-state index contributed by atoms with van der Waals surface area (Å²) in [7, 11) is 0. The lowest BCUT2D eigenvalue weighted by Crippen LogP contribution is -2.08. The Balaban J connectivity index is 2.60. The van der Waals surface area contributed by atoms with Crippen LogP contribution in [0.15, 0.2) is 24.3 Å². The number of aromatic nitrogens is 2. The Hall–Kier alpha value is -1.32. The SMILES string of the molecule is CCc1cc(CC)n(-c2cccc(Cl)c2CN)n1. The van der Waals surface area contributed by atoms with Gasteiger partial charge in [0.05, 0.1) is 11.4 Å². The molecule has 4 heteroatoms. The molecule has 0 fully saturated rings. The summed E-state index contributed by atoms with van der Waals surface area (Å²) in [4.78, 5) is 0. The number of nitrogens with two attached hydrogens (primary N) is 1. The lowest BCUT2D eigenvalue weighted by atomic mass is 10.1. The summed E-state index contributed by atoms with van der Waals surface area (Å²) in [6.45, 7) is 4.65. The van der Waals surface area contributed by atoms with E-state index in [0.717, 1.165) is 29.8 Å². The van der Waals surface area contributed by atoms with Crippen molar-refractivity contribution in [1.82, 2.24) is 9.78 Å². The van der Waals surface area contributed by atoms with E-state index in [9.17, 15) is 0 Å². The first-order chi connectivity index (χ1) is 8.71. The highest BCUT2D eigenvalue weighted by Crippen LogP contribution is 2.24. The van der Waals surface area contributed by atoms with Crippen molar-refractivity contribution >= 4 is 11.6 Å². The molecular weight excluding hydrogens is 246 g/mol. The van der Waals surface area contributed by atoms with Crippen molar-refractivity contribution in [3.8, 4) is 5.69 Å². The van der Waals surface area contributed by atoms with Crippen molar-refractivity contribution in [2.24, 2.45) is 5.73 Å². The van der Waals surface area contributed by atoms with Crippen LogP contribution in [0.4, 0.5) is 0 Å². The van der Waals surface area contributed by atoms with E-state index < -0.39 is 0 Å². The van der Waals surface area contributed by atoms with Gasteiger partial charge in [0, 0.05) is 22.8 Å². The van der Waals surface area contributed by atoms with Crippen LogP contribution >= 0.6 is 11.6 Å². The topological polar surface area (TPSA) is 43.8 Å². The van der Waals surface area contributed by atoms with Gasteiger partial charge in [0.15, 0.2) is 0 Å². The predicted octanol–water partition coefficient (Wildman–Crippen LogP) is 3.11. The molecule has 0 saturated heterocycles. The largest absolute Gasteiger partial charge is 0.326 e. The first-order valence-electron chi connectivity index (χ1n) is 6.26. The van der Waals surface area contributed by atoms with Gasteiger partial charge in [0.2, 0.25) is 0 Å². The van der Waals surface area contributed by atoms with Gasteiger partial charge in [-0.15, -0.1) is 0 Å². The number of hydrogen-bond acceptors (Lipinski definition) is 2. The van der Waals surface area contributed by atoms with Crippen molar-refractivity contribution in [2.45, 2.75) is 33.2 Å². The van der Waals surface area contributed by atoms with Gasteiger partial charge in [-0.3, -0.25) is 0 Å². The van der Waals surface area contributed by atoms with Crippen molar-refractivity contribution < 1.29 is 0 Å². The van der Waals surface area contributed by atoms with Crippen LogP contribution in [0.1, 0.15) is 30.8 Å². The number of rotatable bonds is 4. The third-order valence-electron chi connectivity index (χ3n) is 3.08. The summed E-state index contributed by atoms with van der Waals surface area (Å²) in [6, 6.07) is 7.95. The maximum absolute atomic E-state index is 6.19. The maximum Gasteiger partial charge on any atom is 0.0708 e. The highest BCUT2D eigenvalue weighted by molar-refractivity contribution is 6.31. The molecule has 2 aromatic rings. The molecule has 0 amide bonds. The van der Waals surface area contributed by atoms with Crippen molar-refractivity contribution in [3.05, 3.63) is 46.2 Å². The second-order valence-electron chi connectivity index (χ2n) is 4.19. The summed E-state index contributed by atoms with van der Waals surface area (Å²) in [6.07, 6.45) is 1.86. The fraction of sp³-hybridized carbons (Fsp3) is 0.357. The number of halogens is 1. The lowest BCUT2D eigenvalue weighted by Gasteiger charge is -2.12. The Morgan fingerprint density at radius 3 is 2.67 bits per heavy atom. The number of aryl methyl sites for hydroxylation is 2. The zero-order valence-electron chi connectivity index (χ0n) is 10.8. The average Bonchev–Trinajstić information content (AvgIpc) is 2.81. The van der Waals surface area contributed by atoms with Crippen molar-refractivity contribution in [2.75, 3.05) is 0 Å². The highest BCUT2D eigenvalue weighted by Gasteiger charge is 2.12. The number of benzene rings is 1. The highest BCUT2D eigenvalue weighted by atomic mass is 35.5. The van der Waals surface area contributed by atoms with Crippen LogP contribution < -0.4 is 5.73 Å². The van der Waals surface area contributed by atoms with Gasteiger partial charge in [0.25, 0.3) is 0 Å². The van der Waals surface area contributed by atoms with E-state index >= 15 is 0 Å². The molecule has 1 heterocycles. The Morgan fingerprint density at radius 1 is 1.28 bits per heavy atom. The van der Waals surface area contributed by atoms with Gasteiger partial charge in [0.1, 0.15) is 0 Å². The molecule has 96 valence electrons. The molecule has 1 aromatic carbocycles.